The van der Waals surface area contributed by atoms with Gasteiger partial charge in [0.2, 0.25) is 0 Å². The summed E-state index contributed by atoms with van der Waals surface area (Å²) in [5.74, 6) is 0.836. The summed E-state index contributed by atoms with van der Waals surface area (Å²) in [5, 5.41) is 13.0. The first kappa shape index (κ1) is 16.1. The maximum Gasteiger partial charge on any atom is 0.120 e. The molecule has 1 aliphatic heterocycles. The van der Waals surface area contributed by atoms with Crippen LogP contribution in [0.3, 0.4) is 0 Å². The molecule has 0 aliphatic carbocycles. The third kappa shape index (κ3) is 3.67. The van der Waals surface area contributed by atoms with Crippen molar-refractivity contribution in [1.82, 2.24) is 20.0 Å². The topological polar surface area (TPSA) is 74.2 Å². The molecule has 3 heterocycles. The number of nitrogens with one attached hydrogen (secondary N) is 1. The van der Waals surface area contributed by atoms with Crippen LogP contribution < -0.4 is 4.74 Å². The summed E-state index contributed by atoms with van der Waals surface area (Å²) >= 11 is 0. The van der Waals surface area contributed by atoms with Gasteiger partial charge < -0.3 is 14.2 Å². The lowest BCUT2D eigenvalue weighted by molar-refractivity contribution is 0.0343. The van der Waals surface area contributed by atoms with Gasteiger partial charge in [-0.3, -0.25) is 9.78 Å². The molecule has 4 bridgehead atoms. The first-order valence-corrected chi connectivity index (χ1v) is 8.63. The maximum absolute atomic E-state index is 6.03. The summed E-state index contributed by atoms with van der Waals surface area (Å²) in [6.45, 7) is 5.20. The van der Waals surface area contributed by atoms with E-state index in [0.29, 0.717) is 33.0 Å². The summed E-state index contributed by atoms with van der Waals surface area (Å²) in [7, 11) is 0. The van der Waals surface area contributed by atoms with Crippen molar-refractivity contribution in [2.75, 3.05) is 26.4 Å². The van der Waals surface area contributed by atoms with E-state index in [1.165, 1.54) is 0 Å². The van der Waals surface area contributed by atoms with E-state index in [1.807, 2.05) is 35.3 Å². The largest absolute Gasteiger partial charge is 0.491 e. The van der Waals surface area contributed by atoms with E-state index in [9.17, 15) is 0 Å². The second-order valence-corrected chi connectivity index (χ2v) is 6.21. The van der Waals surface area contributed by atoms with Crippen LogP contribution in [0.15, 0.2) is 30.6 Å². The van der Waals surface area contributed by atoms with Crippen molar-refractivity contribution in [3.8, 4) is 17.0 Å². The predicted octanol–water partition coefficient (Wildman–Crippen LogP) is 2.63. The molecule has 132 valence electrons. The van der Waals surface area contributed by atoms with Gasteiger partial charge in [-0.05, 0) is 25.1 Å². The smallest absolute Gasteiger partial charge is 0.120 e. The van der Waals surface area contributed by atoms with Gasteiger partial charge >= 0.3 is 0 Å². The van der Waals surface area contributed by atoms with Crippen molar-refractivity contribution in [3.05, 3.63) is 30.6 Å². The lowest BCUT2D eigenvalue weighted by atomic mass is 10.1. The minimum absolute atomic E-state index is 0.0761. The molecule has 0 fully saturated rings. The zero-order chi connectivity index (χ0) is 17.1. The summed E-state index contributed by atoms with van der Waals surface area (Å²) in [4.78, 5) is 0. The molecule has 1 aromatic carbocycles. The van der Waals surface area contributed by atoms with Gasteiger partial charge in [-0.25, -0.2) is 0 Å². The van der Waals surface area contributed by atoms with Crippen LogP contribution in [-0.2, 0) is 16.0 Å². The molecule has 25 heavy (non-hydrogen) atoms. The van der Waals surface area contributed by atoms with E-state index in [0.717, 1.165) is 34.3 Å². The normalized spacial score (nSPS) is 19.6. The molecule has 0 spiro atoms. The van der Waals surface area contributed by atoms with Crippen molar-refractivity contribution in [2.24, 2.45) is 0 Å². The van der Waals surface area contributed by atoms with Crippen LogP contribution in [0.1, 0.15) is 13.3 Å². The van der Waals surface area contributed by atoms with Crippen molar-refractivity contribution in [3.63, 3.8) is 0 Å². The molecule has 0 amide bonds. The number of rotatable bonds is 0. The molecule has 4 rings (SSSR count). The standard InChI is InChI=1S/C18H22N4O3/c1-13-4-6-23-8-9-24-7-5-22-12-14(11-19-22)18-16-10-15(25-13)2-3-17(16)20-21-18/h2-3,10-13H,4-9H2,1H3,(H,20,21)/t13-/m1/s1. The molecule has 1 atom stereocenters. The van der Waals surface area contributed by atoms with Gasteiger partial charge in [0.1, 0.15) is 11.4 Å². The zero-order valence-electron chi connectivity index (χ0n) is 14.3. The van der Waals surface area contributed by atoms with Gasteiger partial charge in [-0.1, -0.05) is 0 Å². The fraction of sp³-hybridized carbons (Fsp3) is 0.444. The van der Waals surface area contributed by atoms with Gasteiger partial charge in [0, 0.05) is 23.6 Å². The van der Waals surface area contributed by atoms with E-state index < -0.39 is 0 Å². The molecular formula is C18H22N4O3. The van der Waals surface area contributed by atoms with Crippen LogP contribution in [0.2, 0.25) is 0 Å². The lowest BCUT2D eigenvalue weighted by Crippen LogP contribution is -2.16. The SMILES string of the molecule is C[C@@H]1CCOCCOCCn2cc(cn2)-c2n[nH]c3ccc(cc23)O1. The molecule has 0 unspecified atom stereocenters. The number of aromatic amines is 1. The number of nitrogens with zero attached hydrogens (tertiary/aromatic N) is 3. The van der Waals surface area contributed by atoms with Crippen LogP contribution in [0, 0.1) is 0 Å². The van der Waals surface area contributed by atoms with Crippen LogP contribution in [-0.4, -0.2) is 52.5 Å². The number of fused-ring (bicyclic) bond motifs is 4. The average Bonchev–Trinajstić information content (AvgIpc) is 3.22. The van der Waals surface area contributed by atoms with Gasteiger partial charge in [0.25, 0.3) is 0 Å². The van der Waals surface area contributed by atoms with Crippen LogP contribution in [0.4, 0.5) is 0 Å². The Kier molecular flexibility index (Phi) is 4.67. The number of H-pyrrole nitrogens is 1. The monoisotopic (exact) mass is 342 g/mol. The summed E-state index contributed by atoms with van der Waals surface area (Å²) in [6, 6.07) is 5.99. The molecule has 7 heteroatoms. The van der Waals surface area contributed by atoms with Gasteiger partial charge in [0.05, 0.1) is 50.8 Å². The number of benzene rings is 1. The van der Waals surface area contributed by atoms with Gasteiger partial charge in [-0.2, -0.15) is 10.2 Å². The first-order chi connectivity index (χ1) is 12.3. The number of ether oxygens (including phenoxy) is 3. The van der Waals surface area contributed by atoms with E-state index >= 15 is 0 Å². The van der Waals surface area contributed by atoms with E-state index in [4.69, 9.17) is 14.2 Å². The Labute approximate surface area is 145 Å². The number of hydrogen-bond donors (Lipinski definition) is 1. The second-order valence-electron chi connectivity index (χ2n) is 6.21. The third-order valence-corrected chi connectivity index (χ3v) is 4.28. The molecule has 7 nitrogen and oxygen atoms in total. The van der Waals surface area contributed by atoms with Crippen LogP contribution in [0.5, 0.6) is 5.75 Å². The zero-order valence-corrected chi connectivity index (χ0v) is 14.3. The number of aromatic nitrogens is 4. The second kappa shape index (κ2) is 7.25. The highest BCUT2D eigenvalue weighted by Gasteiger charge is 2.13. The molecule has 0 saturated heterocycles. The Morgan fingerprint density at radius 1 is 1.16 bits per heavy atom. The lowest BCUT2D eigenvalue weighted by Gasteiger charge is -2.15. The predicted molar refractivity (Wildman–Crippen MR) is 93.7 cm³/mol. The average molecular weight is 342 g/mol. The number of hydrogen-bond acceptors (Lipinski definition) is 5. The quantitative estimate of drug-likeness (QED) is 0.680. The van der Waals surface area contributed by atoms with Gasteiger partial charge in [-0.15, -0.1) is 0 Å². The van der Waals surface area contributed by atoms with Gasteiger partial charge in [0.15, 0.2) is 0 Å². The maximum atomic E-state index is 6.03. The van der Waals surface area contributed by atoms with Crippen LogP contribution >= 0.6 is 0 Å². The van der Waals surface area contributed by atoms with Crippen LogP contribution in [0.25, 0.3) is 22.2 Å². The van der Waals surface area contributed by atoms with Crippen molar-refractivity contribution < 1.29 is 14.2 Å². The highest BCUT2D eigenvalue weighted by molar-refractivity contribution is 5.93. The molecule has 0 radical (unpaired) electrons. The Hall–Kier alpha value is -2.38. The molecular weight excluding hydrogens is 320 g/mol. The summed E-state index contributed by atoms with van der Waals surface area (Å²) < 4.78 is 19.1. The van der Waals surface area contributed by atoms with E-state index in [1.54, 1.807) is 0 Å². The highest BCUT2D eigenvalue weighted by atomic mass is 16.5. The summed E-state index contributed by atoms with van der Waals surface area (Å²) in [5.41, 5.74) is 2.84. The third-order valence-electron chi connectivity index (χ3n) is 4.28. The molecule has 1 N–H and O–H groups in total. The van der Waals surface area contributed by atoms with E-state index in [-0.39, 0.29) is 6.10 Å². The molecule has 1 aliphatic rings. The summed E-state index contributed by atoms with van der Waals surface area (Å²) in [6.07, 6.45) is 4.73. The van der Waals surface area contributed by atoms with Crippen molar-refractivity contribution in [1.29, 1.82) is 0 Å². The van der Waals surface area contributed by atoms with E-state index in [2.05, 4.69) is 22.2 Å². The van der Waals surface area contributed by atoms with Crippen molar-refractivity contribution >= 4 is 10.9 Å². The highest BCUT2D eigenvalue weighted by Crippen LogP contribution is 2.29. The minimum atomic E-state index is 0.0761. The first-order valence-electron chi connectivity index (χ1n) is 8.63. The fourth-order valence-electron chi connectivity index (χ4n) is 2.92. The minimum Gasteiger partial charge on any atom is -0.491 e. The Balaban J connectivity index is 1.67. The molecule has 2 aromatic heterocycles. The Morgan fingerprint density at radius 3 is 2.96 bits per heavy atom. The Bertz CT molecular complexity index is 842. The Morgan fingerprint density at radius 2 is 2.04 bits per heavy atom. The molecule has 3 aromatic rings. The molecule has 0 saturated carbocycles. The van der Waals surface area contributed by atoms with Crippen molar-refractivity contribution in [2.45, 2.75) is 26.0 Å². The fourth-order valence-corrected chi connectivity index (χ4v) is 2.92.